The summed E-state index contributed by atoms with van der Waals surface area (Å²) in [5.41, 5.74) is 5.04. The molecule has 9 heteroatoms. The lowest BCUT2D eigenvalue weighted by molar-refractivity contribution is -0.146. The van der Waals surface area contributed by atoms with Crippen LogP contribution >= 0.6 is 22.9 Å². The number of ether oxygens (including phenoxy) is 1. The van der Waals surface area contributed by atoms with Crippen LogP contribution in [0, 0.1) is 17.2 Å². The molecule has 2 aromatic heterocycles. The lowest BCUT2D eigenvalue weighted by Gasteiger charge is -2.39. The predicted octanol–water partition coefficient (Wildman–Crippen LogP) is 6.74. The van der Waals surface area contributed by atoms with Gasteiger partial charge in [0.15, 0.2) is 4.90 Å². The second-order valence-electron chi connectivity index (χ2n) is 9.19. The van der Waals surface area contributed by atoms with Gasteiger partial charge in [0, 0.05) is 45.9 Å². The summed E-state index contributed by atoms with van der Waals surface area (Å²) in [5, 5.41) is 13.3. The van der Waals surface area contributed by atoms with Gasteiger partial charge < -0.3 is 14.2 Å². The van der Waals surface area contributed by atoms with Crippen LogP contribution in [0.3, 0.4) is 0 Å². The number of hydrogen-bond donors (Lipinski definition) is 0. The number of fused-ring (bicyclic) bond motifs is 1. The number of anilines is 1. The molecule has 5 aromatic rings. The Morgan fingerprint density at radius 2 is 1.87 bits per heavy atom. The summed E-state index contributed by atoms with van der Waals surface area (Å²) in [4.78, 5) is 15.3. The zero-order valence-electron chi connectivity index (χ0n) is 20.8. The number of carbonyl (C=O) groups is 1. The highest BCUT2D eigenvalue weighted by Crippen LogP contribution is 2.45. The standard InChI is InChI=1S/C30H22ClN3O3S2/c1-37-30(35)20-17-33(18-20)22-6-4-5-19(15-22)29-28(25-13-14-38-27(25)16-32)24-7-2-3-8-26(24)34(29)39(36)23-11-9-21(31)10-12-23/h2-15,20H,17-18H2,1H3. The number of thiophene rings is 1. The van der Waals surface area contributed by atoms with Crippen molar-refractivity contribution in [1.29, 1.82) is 5.26 Å². The lowest BCUT2D eigenvalue weighted by Crippen LogP contribution is -2.50. The largest absolute Gasteiger partial charge is 0.587 e. The molecule has 194 valence electrons. The van der Waals surface area contributed by atoms with Crippen LogP contribution in [0.25, 0.3) is 33.3 Å². The van der Waals surface area contributed by atoms with E-state index in [1.165, 1.54) is 18.4 Å². The number of benzene rings is 3. The third-order valence-corrected chi connectivity index (χ3v) is 9.41. The second kappa shape index (κ2) is 10.4. The van der Waals surface area contributed by atoms with Crippen molar-refractivity contribution in [3.8, 4) is 28.5 Å². The summed E-state index contributed by atoms with van der Waals surface area (Å²) >= 11 is 5.91. The van der Waals surface area contributed by atoms with Crippen molar-refractivity contribution >= 4 is 56.9 Å². The molecule has 6 rings (SSSR count). The minimum absolute atomic E-state index is 0.151. The van der Waals surface area contributed by atoms with Gasteiger partial charge in [-0.3, -0.25) is 4.79 Å². The Labute approximate surface area is 237 Å². The molecular formula is C30H22ClN3O3S2. The average molecular weight is 572 g/mol. The third-order valence-electron chi connectivity index (χ3n) is 6.95. The first-order chi connectivity index (χ1) is 19.0. The number of nitriles is 1. The Morgan fingerprint density at radius 1 is 1.10 bits per heavy atom. The minimum Gasteiger partial charge on any atom is -0.587 e. The molecule has 39 heavy (non-hydrogen) atoms. The Bertz CT molecular complexity index is 1730. The summed E-state index contributed by atoms with van der Waals surface area (Å²) in [6, 6.07) is 27.1. The number of esters is 1. The topological polar surface area (TPSA) is 81.3 Å². The van der Waals surface area contributed by atoms with Crippen LogP contribution < -0.4 is 4.90 Å². The Kier molecular flexibility index (Phi) is 6.83. The molecule has 6 nitrogen and oxygen atoms in total. The molecule has 0 bridgehead atoms. The van der Waals surface area contributed by atoms with Gasteiger partial charge in [0.25, 0.3) is 0 Å². The Balaban J connectivity index is 1.57. The van der Waals surface area contributed by atoms with E-state index in [0.29, 0.717) is 27.9 Å². The molecule has 0 saturated carbocycles. The lowest BCUT2D eigenvalue weighted by atomic mass is 9.96. The van der Waals surface area contributed by atoms with Gasteiger partial charge in [0.2, 0.25) is 0 Å². The molecule has 0 amide bonds. The van der Waals surface area contributed by atoms with Crippen molar-refractivity contribution in [2.75, 3.05) is 25.1 Å². The summed E-state index contributed by atoms with van der Waals surface area (Å²) in [6.07, 6.45) is 0. The Hall–Kier alpha value is -3.74. The molecule has 1 unspecified atom stereocenters. The Morgan fingerprint density at radius 3 is 2.62 bits per heavy atom. The molecular weight excluding hydrogens is 550 g/mol. The first kappa shape index (κ1) is 25.5. The van der Waals surface area contributed by atoms with Crippen LogP contribution in [0.2, 0.25) is 5.02 Å². The quantitative estimate of drug-likeness (QED) is 0.166. The number of carbonyl (C=O) groups excluding carboxylic acids is 1. The van der Waals surface area contributed by atoms with Crippen LogP contribution in [0.5, 0.6) is 0 Å². The monoisotopic (exact) mass is 571 g/mol. The van der Waals surface area contributed by atoms with Crippen molar-refractivity contribution in [3.05, 3.63) is 94.1 Å². The van der Waals surface area contributed by atoms with E-state index >= 15 is 0 Å². The van der Waals surface area contributed by atoms with Crippen molar-refractivity contribution < 1.29 is 14.1 Å². The van der Waals surface area contributed by atoms with E-state index in [1.807, 2.05) is 57.9 Å². The van der Waals surface area contributed by atoms with Crippen LogP contribution in [0.4, 0.5) is 5.69 Å². The number of aromatic nitrogens is 1. The van der Waals surface area contributed by atoms with Crippen molar-refractivity contribution in [3.63, 3.8) is 0 Å². The van der Waals surface area contributed by atoms with Crippen LogP contribution in [-0.2, 0) is 20.9 Å². The normalized spacial score (nSPS) is 14.2. The van der Waals surface area contributed by atoms with Gasteiger partial charge in [-0.25, -0.2) is 0 Å². The van der Waals surface area contributed by atoms with Gasteiger partial charge in [-0.15, -0.1) is 11.3 Å². The number of halogens is 1. The fourth-order valence-corrected chi connectivity index (χ4v) is 7.12. The summed E-state index contributed by atoms with van der Waals surface area (Å²) in [7, 11) is 1.41. The maximum atomic E-state index is 14.2. The van der Waals surface area contributed by atoms with Crippen molar-refractivity contribution in [1.82, 2.24) is 3.97 Å². The molecule has 1 saturated heterocycles. The summed E-state index contributed by atoms with van der Waals surface area (Å²) in [5.74, 6) is -0.355. The number of hydrogen-bond acceptors (Lipinski definition) is 6. The number of nitrogens with zero attached hydrogens (tertiary/aromatic N) is 3. The smallest absolute Gasteiger partial charge is 0.312 e. The zero-order valence-corrected chi connectivity index (χ0v) is 23.2. The molecule has 3 aromatic carbocycles. The maximum absolute atomic E-state index is 14.2. The van der Waals surface area contributed by atoms with Crippen molar-refractivity contribution in [2.24, 2.45) is 5.92 Å². The molecule has 1 aliphatic heterocycles. The van der Waals surface area contributed by atoms with Gasteiger partial charge in [-0.1, -0.05) is 41.9 Å². The highest BCUT2D eigenvalue weighted by molar-refractivity contribution is 7.90. The van der Waals surface area contributed by atoms with Gasteiger partial charge in [0.1, 0.15) is 28.0 Å². The maximum Gasteiger partial charge on any atom is 0.312 e. The zero-order chi connectivity index (χ0) is 27.1. The van der Waals surface area contributed by atoms with Gasteiger partial charge in [0.05, 0.1) is 18.5 Å². The fourth-order valence-electron chi connectivity index (χ4n) is 5.02. The van der Waals surface area contributed by atoms with Crippen LogP contribution in [-0.4, -0.2) is 34.7 Å². The minimum atomic E-state index is -1.61. The molecule has 1 fully saturated rings. The van der Waals surface area contributed by atoms with E-state index in [9.17, 15) is 14.6 Å². The number of rotatable bonds is 6. The van der Waals surface area contributed by atoms with E-state index in [0.717, 1.165) is 39.0 Å². The third kappa shape index (κ3) is 4.48. The van der Waals surface area contributed by atoms with E-state index in [2.05, 4.69) is 17.0 Å². The average Bonchev–Trinajstić information content (AvgIpc) is 3.54. The van der Waals surface area contributed by atoms with Gasteiger partial charge in [-0.2, -0.15) is 9.23 Å². The van der Waals surface area contributed by atoms with Crippen LogP contribution in [0.15, 0.2) is 89.1 Å². The van der Waals surface area contributed by atoms with Crippen molar-refractivity contribution in [2.45, 2.75) is 4.90 Å². The van der Waals surface area contributed by atoms with E-state index in [-0.39, 0.29) is 11.9 Å². The number of para-hydroxylation sites is 1. The fraction of sp³-hybridized carbons (Fsp3) is 0.133. The molecule has 3 heterocycles. The SMILES string of the molecule is COC(=O)C1CN(c2cccc(-c3c(-c4ccsc4C#N)c4ccccc4n3[S+]([O-])c3ccc(Cl)cc3)c2)C1. The molecule has 0 spiro atoms. The van der Waals surface area contributed by atoms with E-state index in [1.54, 1.807) is 24.3 Å². The predicted molar refractivity (Wildman–Crippen MR) is 156 cm³/mol. The number of methoxy groups -OCH3 is 1. The van der Waals surface area contributed by atoms with Gasteiger partial charge >= 0.3 is 5.97 Å². The molecule has 1 atom stereocenters. The second-order valence-corrected chi connectivity index (χ2v) is 11.9. The molecule has 0 N–H and O–H groups in total. The van der Waals surface area contributed by atoms with Gasteiger partial charge in [-0.05, 0) is 53.9 Å². The first-order valence-electron chi connectivity index (χ1n) is 12.2. The molecule has 0 radical (unpaired) electrons. The molecule has 1 aliphatic rings. The highest BCUT2D eigenvalue weighted by Gasteiger charge is 2.34. The van der Waals surface area contributed by atoms with E-state index < -0.39 is 11.4 Å². The summed E-state index contributed by atoms with van der Waals surface area (Å²) < 4.78 is 21.0. The first-order valence-corrected chi connectivity index (χ1v) is 14.6. The van der Waals surface area contributed by atoms with Crippen LogP contribution in [0.1, 0.15) is 4.88 Å². The molecule has 0 aliphatic carbocycles. The summed E-state index contributed by atoms with van der Waals surface area (Å²) in [6.45, 7) is 1.15. The van der Waals surface area contributed by atoms with E-state index in [4.69, 9.17) is 16.3 Å². The highest BCUT2D eigenvalue weighted by atomic mass is 35.5.